The molecule has 0 saturated carbocycles. The molecule has 0 aliphatic carbocycles. The summed E-state index contributed by atoms with van der Waals surface area (Å²) in [6.07, 6.45) is 0. The molecule has 13 heavy (non-hydrogen) atoms. The lowest BCUT2D eigenvalue weighted by Crippen LogP contribution is -2.30. The predicted molar refractivity (Wildman–Crippen MR) is 62.2 cm³/mol. The van der Waals surface area contributed by atoms with Gasteiger partial charge in [0.15, 0.2) is 0 Å². The lowest BCUT2D eigenvalue weighted by atomic mass is 9.59. The highest BCUT2D eigenvalue weighted by atomic mass is 32.1. The Morgan fingerprint density at radius 2 is 2.08 bits per heavy atom. The summed E-state index contributed by atoms with van der Waals surface area (Å²) in [6, 6.07) is 0. The molecule has 0 aromatic heterocycles. The average molecular weight is 195 g/mol. The van der Waals surface area contributed by atoms with Gasteiger partial charge in [-0.2, -0.15) is 0 Å². The van der Waals surface area contributed by atoms with Gasteiger partial charge in [-0.25, -0.2) is 0 Å². The lowest BCUT2D eigenvalue weighted by molar-refractivity contribution is 0.301. The zero-order chi connectivity index (χ0) is 10.2. The van der Waals surface area contributed by atoms with Crippen molar-refractivity contribution < 1.29 is 0 Å². The number of hydrogen-bond acceptors (Lipinski definition) is 1. The van der Waals surface area contributed by atoms with Crippen LogP contribution in [-0.4, -0.2) is 19.4 Å². The van der Waals surface area contributed by atoms with Gasteiger partial charge in [0.1, 0.15) is 0 Å². The molecule has 2 unspecified atom stereocenters. The summed E-state index contributed by atoms with van der Waals surface area (Å²) in [5.41, 5.74) is 0. The maximum atomic E-state index is 6.13. The fraction of sp³-hybridized carbons (Fsp3) is 0.900. The van der Waals surface area contributed by atoms with Crippen LogP contribution in [0.2, 0.25) is 5.31 Å². The first-order chi connectivity index (χ1) is 5.84. The maximum absolute atomic E-state index is 6.13. The molecule has 1 aliphatic heterocycles. The third kappa shape index (κ3) is 2.25. The zero-order valence-corrected chi connectivity index (χ0v) is 9.74. The second kappa shape index (κ2) is 3.60. The third-order valence-corrected chi connectivity index (χ3v) is 3.28. The second-order valence-electron chi connectivity index (χ2n) is 4.95. The van der Waals surface area contributed by atoms with Gasteiger partial charge in [-0.15, -0.1) is 0 Å². The van der Waals surface area contributed by atoms with Crippen LogP contribution in [0.5, 0.6) is 0 Å². The molecule has 0 spiro atoms. The average Bonchev–Trinajstić information content (AvgIpc) is 2.28. The Morgan fingerprint density at radius 3 is 2.38 bits per heavy atom. The summed E-state index contributed by atoms with van der Waals surface area (Å²) in [7, 11) is 6.13. The van der Waals surface area contributed by atoms with Crippen molar-refractivity contribution in [3.05, 3.63) is 0 Å². The molecule has 0 aromatic rings. The van der Waals surface area contributed by atoms with E-state index in [4.69, 9.17) is 20.1 Å². The first-order valence-corrected chi connectivity index (χ1v) is 5.31. The highest BCUT2D eigenvalue weighted by Gasteiger charge is 2.40. The van der Waals surface area contributed by atoms with Crippen LogP contribution in [0.4, 0.5) is 0 Å². The molecular weight excluding hydrogens is 177 g/mol. The minimum atomic E-state index is -0.199. The molecule has 1 saturated heterocycles. The van der Waals surface area contributed by atoms with Crippen molar-refractivity contribution in [3.63, 3.8) is 0 Å². The summed E-state index contributed by atoms with van der Waals surface area (Å²) >= 11 is 5.29. The Hall–Kier alpha value is -0.0451. The Kier molecular flexibility index (Phi) is 3.06. The van der Waals surface area contributed by atoms with Crippen LogP contribution in [-0.2, 0) is 0 Å². The normalized spacial score (nSPS) is 29.5. The highest BCUT2D eigenvalue weighted by Crippen LogP contribution is 2.42. The van der Waals surface area contributed by atoms with Crippen LogP contribution in [0.3, 0.4) is 0 Å². The Labute approximate surface area is 88.1 Å². The monoisotopic (exact) mass is 195 g/mol. The molecule has 1 heterocycles. The van der Waals surface area contributed by atoms with Crippen molar-refractivity contribution in [1.29, 1.82) is 0 Å². The first kappa shape index (κ1) is 11.0. The topological polar surface area (TPSA) is 12.0 Å². The van der Waals surface area contributed by atoms with Gasteiger partial charge in [-0.3, -0.25) is 0 Å². The van der Waals surface area contributed by atoms with Gasteiger partial charge in [-0.05, 0) is 11.8 Å². The second-order valence-corrected chi connectivity index (χ2v) is 5.39. The zero-order valence-electron chi connectivity index (χ0n) is 8.92. The summed E-state index contributed by atoms with van der Waals surface area (Å²) in [5, 5.41) is 3.06. The van der Waals surface area contributed by atoms with Gasteiger partial charge < -0.3 is 5.32 Å². The molecule has 2 radical (unpaired) electrons. The Balaban J connectivity index is 2.84. The van der Waals surface area contributed by atoms with E-state index in [0.29, 0.717) is 17.8 Å². The smallest absolute Gasteiger partial charge is 0.0786 e. The van der Waals surface area contributed by atoms with Gasteiger partial charge >= 0.3 is 0 Å². The molecule has 0 amide bonds. The molecule has 1 nitrogen and oxygen atoms in total. The van der Waals surface area contributed by atoms with E-state index in [1.165, 1.54) is 0 Å². The minimum Gasteiger partial charge on any atom is -0.379 e. The molecule has 1 rings (SSSR count). The summed E-state index contributed by atoms with van der Waals surface area (Å²) in [4.78, 5) is 0.950. The molecule has 72 valence electrons. The van der Waals surface area contributed by atoms with Gasteiger partial charge in [0.25, 0.3) is 0 Å². The van der Waals surface area contributed by atoms with E-state index < -0.39 is 0 Å². The van der Waals surface area contributed by atoms with Gasteiger partial charge in [-0.1, -0.05) is 45.2 Å². The number of thiocarbonyl (C=S) groups is 1. The van der Waals surface area contributed by atoms with Crippen molar-refractivity contribution in [2.24, 2.45) is 17.8 Å². The molecule has 1 N–H and O–H groups in total. The van der Waals surface area contributed by atoms with Crippen LogP contribution in [0.15, 0.2) is 0 Å². The molecular formula is C10H18BNS. The van der Waals surface area contributed by atoms with E-state index in [-0.39, 0.29) is 5.31 Å². The van der Waals surface area contributed by atoms with E-state index in [1.807, 2.05) is 0 Å². The van der Waals surface area contributed by atoms with Crippen molar-refractivity contribution in [3.8, 4) is 0 Å². The van der Waals surface area contributed by atoms with E-state index >= 15 is 0 Å². The highest BCUT2D eigenvalue weighted by molar-refractivity contribution is 7.80. The van der Waals surface area contributed by atoms with Crippen LogP contribution in [0.25, 0.3) is 0 Å². The molecule has 3 heteroatoms. The lowest BCUT2D eigenvalue weighted by Gasteiger charge is -2.33. The van der Waals surface area contributed by atoms with E-state index in [1.54, 1.807) is 0 Å². The molecule has 2 atom stereocenters. The summed E-state index contributed by atoms with van der Waals surface area (Å²) in [6.45, 7) is 9.58. The number of nitrogens with one attached hydrogen (secondary N) is 1. The SMILES string of the molecule is [B]C(C)(C)C1C(=S)NCC1C(C)C. The van der Waals surface area contributed by atoms with Gasteiger partial charge in [0.05, 0.1) is 12.8 Å². The maximum Gasteiger partial charge on any atom is 0.0786 e. The van der Waals surface area contributed by atoms with E-state index in [2.05, 4.69) is 33.0 Å². The summed E-state index contributed by atoms with van der Waals surface area (Å²) in [5.74, 6) is 1.57. The molecule has 1 aliphatic rings. The van der Waals surface area contributed by atoms with Gasteiger partial charge in [0.2, 0.25) is 0 Å². The quantitative estimate of drug-likeness (QED) is 0.535. The fourth-order valence-electron chi connectivity index (χ4n) is 2.15. The fourth-order valence-corrected chi connectivity index (χ4v) is 2.71. The van der Waals surface area contributed by atoms with Crippen LogP contribution < -0.4 is 5.32 Å². The Bertz CT molecular complexity index is 207. The number of hydrogen-bond donors (Lipinski definition) is 1. The molecule has 0 bridgehead atoms. The molecule has 1 fully saturated rings. The van der Waals surface area contributed by atoms with Crippen molar-refractivity contribution in [2.75, 3.05) is 6.54 Å². The summed E-state index contributed by atoms with van der Waals surface area (Å²) < 4.78 is 0. The van der Waals surface area contributed by atoms with Gasteiger partial charge in [0, 0.05) is 12.5 Å². The van der Waals surface area contributed by atoms with E-state index in [9.17, 15) is 0 Å². The minimum absolute atomic E-state index is 0.199. The van der Waals surface area contributed by atoms with Crippen LogP contribution in [0.1, 0.15) is 27.7 Å². The van der Waals surface area contributed by atoms with Crippen molar-refractivity contribution in [1.82, 2.24) is 5.32 Å². The van der Waals surface area contributed by atoms with Crippen LogP contribution >= 0.6 is 12.2 Å². The van der Waals surface area contributed by atoms with Crippen LogP contribution in [0, 0.1) is 17.8 Å². The molecule has 0 aromatic carbocycles. The van der Waals surface area contributed by atoms with Crippen molar-refractivity contribution >= 4 is 25.1 Å². The number of rotatable bonds is 2. The first-order valence-electron chi connectivity index (χ1n) is 4.90. The van der Waals surface area contributed by atoms with E-state index in [0.717, 1.165) is 11.5 Å². The van der Waals surface area contributed by atoms with Crippen molar-refractivity contribution in [2.45, 2.75) is 33.0 Å². The standard InChI is InChI=1S/C10H18BNS/c1-6(2)7-5-12-9(13)8(7)10(3,4)11/h6-8H,5H2,1-4H3,(H,12,13). The third-order valence-electron chi connectivity index (χ3n) is 2.88. The predicted octanol–water partition coefficient (Wildman–Crippen LogP) is 2.17. The largest absolute Gasteiger partial charge is 0.379 e. The Morgan fingerprint density at radius 1 is 1.54 bits per heavy atom.